The van der Waals surface area contributed by atoms with Crippen LogP contribution in [0.2, 0.25) is 0 Å². The van der Waals surface area contributed by atoms with Gasteiger partial charge in [0.2, 0.25) is 0 Å². The summed E-state index contributed by atoms with van der Waals surface area (Å²) in [5.74, 6) is 0. The van der Waals surface area contributed by atoms with Crippen molar-refractivity contribution >= 4 is 0 Å². The van der Waals surface area contributed by atoms with Gasteiger partial charge in [0.05, 0.1) is 0 Å². The summed E-state index contributed by atoms with van der Waals surface area (Å²) < 4.78 is 14.0. The van der Waals surface area contributed by atoms with Gasteiger partial charge in [-0.1, -0.05) is 6.92 Å². The Morgan fingerprint density at radius 1 is 1.40 bits per heavy atom. The van der Waals surface area contributed by atoms with E-state index in [-0.39, 0.29) is 6.67 Å². The van der Waals surface area contributed by atoms with Gasteiger partial charge in [0.1, 0.15) is 6.67 Å². The van der Waals surface area contributed by atoms with Crippen LogP contribution >= 0.6 is 0 Å². The number of aryl methyl sites for hydroxylation is 1. The summed E-state index contributed by atoms with van der Waals surface area (Å²) in [7, 11) is 1.90. The highest BCUT2D eigenvalue weighted by molar-refractivity contribution is 5.14. The minimum absolute atomic E-state index is 0.365. The van der Waals surface area contributed by atoms with Crippen LogP contribution in [0.5, 0.6) is 0 Å². The zero-order chi connectivity index (χ0) is 7.56. The maximum Gasteiger partial charge on any atom is 0.129 e. The Morgan fingerprint density at radius 2 is 2.00 bits per heavy atom. The van der Waals surface area contributed by atoms with Gasteiger partial charge in [-0.15, -0.1) is 0 Å². The fourth-order valence-corrected chi connectivity index (χ4v) is 1.09. The molecule has 1 heterocycles. The van der Waals surface area contributed by atoms with E-state index >= 15 is 0 Å². The molecule has 0 saturated heterocycles. The van der Waals surface area contributed by atoms with Crippen molar-refractivity contribution in [1.29, 1.82) is 0 Å². The van der Waals surface area contributed by atoms with Crippen LogP contribution in [0.4, 0.5) is 4.39 Å². The topological polar surface area (TPSA) is 4.93 Å². The molecule has 0 fully saturated rings. The molecule has 1 aromatic rings. The lowest BCUT2D eigenvalue weighted by Crippen LogP contribution is -1.97. The number of aromatic nitrogens is 1. The van der Waals surface area contributed by atoms with Gasteiger partial charge in [-0.25, -0.2) is 4.39 Å². The zero-order valence-corrected chi connectivity index (χ0v) is 6.39. The molecule has 0 unspecified atom stereocenters. The van der Waals surface area contributed by atoms with Crippen molar-refractivity contribution in [2.24, 2.45) is 7.05 Å². The van der Waals surface area contributed by atoms with Crippen molar-refractivity contribution in [3.8, 4) is 0 Å². The van der Waals surface area contributed by atoms with E-state index in [9.17, 15) is 4.39 Å². The standard InChI is InChI=1S/C8H12FN/c1-3-7-4-5-8(6-9)10(7)2/h4-5H,3,6H2,1-2H3. The van der Waals surface area contributed by atoms with Crippen molar-refractivity contribution in [3.63, 3.8) is 0 Å². The van der Waals surface area contributed by atoms with Gasteiger partial charge in [0.15, 0.2) is 0 Å². The summed E-state index contributed by atoms with van der Waals surface area (Å²) in [6.45, 7) is 1.70. The highest BCUT2D eigenvalue weighted by Crippen LogP contribution is 2.08. The second-order valence-corrected chi connectivity index (χ2v) is 2.36. The Hall–Kier alpha value is -0.790. The summed E-state index contributed by atoms with van der Waals surface area (Å²) in [5, 5.41) is 0. The van der Waals surface area contributed by atoms with Crippen LogP contribution in [-0.4, -0.2) is 4.57 Å². The molecule has 2 heteroatoms. The van der Waals surface area contributed by atoms with E-state index < -0.39 is 0 Å². The Labute approximate surface area is 60.5 Å². The molecule has 0 aromatic carbocycles. The van der Waals surface area contributed by atoms with E-state index in [1.165, 1.54) is 5.69 Å². The molecule has 0 atom stereocenters. The van der Waals surface area contributed by atoms with Crippen molar-refractivity contribution in [1.82, 2.24) is 4.57 Å². The number of rotatable bonds is 2. The molecule has 0 spiro atoms. The molecule has 10 heavy (non-hydrogen) atoms. The number of alkyl halides is 1. The van der Waals surface area contributed by atoms with Crippen molar-refractivity contribution in [3.05, 3.63) is 23.5 Å². The Bertz CT molecular complexity index is 194. The molecule has 1 aromatic heterocycles. The fraction of sp³-hybridized carbons (Fsp3) is 0.500. The molecular weight excluding hydrogens is 129 g/mol. The number of halogens is 1. The predicted molar refractivity (Wildman–Crippen MR) is 39.6 cm³/mol. The predicted octanol–water partition coefficient (Wildman–Crippen LogP) is 2.06. The maximum absolute atomic E-state index is 12.1. The van der Waals surface area contributed by atoms with Crippen LogP contribution in [0.25, 0.3) is 0 Å². The first-order chi connectivity index (χ1) is 4.79. The molecule has 0 amide bonds. The number of hydrogen-bond acceptors (Lipinski definition) is 0. The summed E-state index contributed by atoms with van der Waals surface area (Å²) in [5.41, 5.74) is 1.95. The van der Waals surface area contributed by atoms with Crippen LogP contribution < -0.4 is 0 Å². The Morgan fingerprint density at radius 3 is 2.30 bits per heavy atom. The molecule has 0 aliphatic carbocycles. The molecule has 0 N–H and O–H groups in total. The van der Waals surface area contributed by atoms with E-state index in [0.717, 1.165) is 12.1 Å². The molecule has 1 nitrogen and oxygen atoms in total. The first-order valence-corrected chi connectivity index (χ1v) is 3.49. The molecule has 56 valence electrons. The van der Waals surface area contributed by atoms with Gasteiger partial charge >= 0.3 is 0 Å². The molecular formula is C8H12FN. The Kier molecular flexibility index (Phi) is 2.10. The van der Waals surface area contributed by atoms with Crippen LogP contribution in [0, 0.1) is 0 Å². The quantitative estimate of drug-likeness (QED) is 0.594. The third kappa shape index (κ3) is 1.06. The zero-order valence-electron chi connectivity index (χ0n) is 6.39. The largest absolute Gasteiger partial charge is 0.349 e. The van der Waals surface area contributed by atoms with Gasteiger partial charge in [-0.3, -0.25) is 0 Å². The lowest BCUT2D eigenvalue weighted by Gasteiger charge is -2.01. The average molecular weight is 141 g/mol. The van der Waals surface area contributed by atoms with Crippen molar-refractivity contribution in [2.45, 2.75) is 20.0 Å². The highest BCUT2D eigenvalue weighted by Gasteiger charge is 2.00. The minimum Gasteiger partial charge on any atom is -0.349 e. The first-order valence-electron chi connectivity index (χ1n) is 3.49. The van der Waals surface area contributed by atoms with E-state index in [1.54, 1.807) is 0 Å². The van der Waals surface area contributed by atoms with Crippen molar-refractivity contribution in [2.75, 3.05) is 0 Å². The van der Waals surface area contributed by atoms with Gasteiger partial charge < -0.3 is 4.57 Å². The summed E-state index contributed by atoms with van der Waals surface area (Å²) in [4.78, 5) is 0. The van der Waals surface area contributed by atoms with Gasteiger partial charge in [0.25, 0.3) is 0 Å². The van der Waals surface area contributed by atoms with Gasteiger partial charge in [0, 0.05) is 18.4 Å². The second-order valence-electron chi connectivity index (χ2n) is 2.36. The monoisotopic (exact) mass is 141 g/mol. The van der Waals surface area contributed by atoms with Crippen LogP contribution in [0.3, 0.4) is 0 Å². The van der Waals surface area contributed by atoms with E-state index in [1.807, 2.05) is 23.7 Å². The number of hydrogen-bond donors (Lipinski definition) is 0. The smallest absolute Gasteiger partial charge is 0.129 e. The van der Waals surface area contributed by atoms with E-state index in [0.29, 0.717) is 0 Å². The third-order valence-electron chi connectivity index (χ3n) is 1.83. The fourth-order valence-electron chi connectivity index (χ4n) is 1.09. The second kappa shape index (κ2) is 2.86. The third-order valence-corrected chi connectivity index (χ3v) is 1.83. The summed E-state index contributed by atoms with van der Waals surface area (Å²) in [6.07, 6.45) is 0.969. The Balaban J connectivity index is 2.97. The summed E-state index contributed by atoms with van der Waals surface area (Å²) >= 11 is 0. The molecule has 0 saturated carbocycles. The average Bonchev–Trinajstić information content (AvgIpc) is 2.30. The molecule has 0 radical (unpaired) electrons. The van der Waals surface area contributed by atoms with Crippen LogP contribution in [0.1, 0.15) is 18.3 Å². The van der Waals surface area contributed by atoms with Gasteiger partial charge in [-0.2, -0.15) is 0 Å². The van der Waals surface area contributed by atoms with Gasteiger partial charge in [-0.05, 0) is 18.6 Å². The highest BCUT2D eigenvalue weighted by atomic mass is 19.1. The molecule has 1 rings (SSSR count). The van der Waals surface area contributed by atoms with Crippen LogP contribution in [-0.2, 0) is 20.1 Å². The lowest BCUT2D eigenvalue weighted by molar-refractivity contribution is 0.464. The lowest BCUT2D eigenvalue weighted by atomic mass is 10.3. The minimum atomic E-state index is -0.365. The van der Waals surface area contributed by atoms with E-state index in [2.05, 4.69) is 6.92 Å². The SMILES string of the molecule is CCc1ccc(CF)n1C. The van der Waals surface area contributed by atoms with E-state index in [4.69, 9.17) is 0 Å². The first kappa shape index (κ1) is 7.32. The molecule has 0 aliphatic heterocycles. The van der Waals surface area contributed by atoms with Crippen LogP contribution in [0.15, 0.2) is 12.1 Å². The maximum atomic E-state index is 12.1. The normalized spacial score (nSPS) is 10.3. The molecule has 0 aliphatic rings. The number of nitrogens with zero attached hydrogens (tertiary/aromatic N) is 1. The summed E-state index contributed by atoms with van der Waals surface area (Å²) in [6, 6.07) is 3.80. The molecule has 0 bridgehead atoms. The van der Waals surface area contributed by atoms with Crippen molar-refractivity contribution < 1.29 is 4.39 Å².